The summed E-state index contributed by atoms with van der Waals surface area (Å²) in [6, 6.07) is 0. The highest BCUT2D eigenvalue weighted by Gasteiger charge is 2.39. The summed E-state index contributed by atoms with van der Waals surface area (Å²) in [6.45, 7) is 2.03. The van der Waals surface area contributed by atoms with Crippen molar-refractivity contribution in [2.75, 3.05) is 12.4 Å². The molecule has 1 aromatic rings. The van der Waals surface area contributed by atoms with Gasteiger partial charge in [-0.2, -0.15) is 0 Å². The number of hydrogen-bond acceptors (Lipinski definition) is 5. The largest absolute Gasteiger partial charge is 0.465 e. The number of anilines is 1. The van der Waals surface area contributed by atoms with E-state index in [2.05, 4.69) is 15.0 Å². The van der Waals surface area contributed by atoms with Crippen LogP contribution in [0.2, 0.25) is 0 Å². The van der Waals surface area contributed by atoms with Gasteiger partial charge in [-0.25, -0.2) is 9.78 Å². The van der Waals surface area contributed by atoms with Crippen LogP contribution in [0.15, 0.2) is 6.20 Å². The maximum absolute atomic E-state index is 11.6. The summed E-state index contributed by atoms with van der Waals surface area (Å²) < 4.78 is 4.55. The number of rotatable bonds is 3. The minimum atomic E-state index is -0.433. The second-order valence-corrected chi connectivity index (χ2v) is 4.86. The summed E-state index contributed by atoms with van der Waals surface area (Å²) in [6.07, 6.45) is 2.34. The molecule has 1 saturated carbocycles. The van der Waals surface area contributed by atoms with Gasteiger partial charge < -0.3 is 10.1 Å². The number of esters is 1. The van der Waals surface area contributed by atoms with Crippen molar-refractivity contribution in [1.29, 1.82) is 0 Å². The van der Waals surface area contributed by atoms with Crippen molar-refractivity contribution in [2.45, 2.75) is 13.3 Å². The van der Waals surface area contributed by atoms with Crippen LogP contribution in [-0.4, -0.2) is 24.0 Å². The Kier molecular flexibility index (Phi) is 2.91. The van der Waals surface area contributed by atoms with Gasteiger partial charge >= 0.3 is 5.97 Å². The molecule has 0 bridgehead atoms. The molecule has 2 rings (SSSR count). The number of carbonyl (C=O) groups is 2. The number of carbonyl (C=O) groups excluding carboxylic acids is 2. The third-order valence-corrected chi connectivity index (χ3v) is 3.46. The highest BCUT2D eigenvalue weighted by atomic mass is 32.1. The fraction of sp³-hybridized carbons (Fsp3) is 0.500. The number of hydrogen-bond donors (Lipinski definition) is 1. The fourth-order valence-corrected chi connectivity index (χ4v) is 2.15. The van der Waals surface area contributed by atoms with E-state index in [4.69, 9.17) is 0 Å². The Balaban J connectivity index is 1.97. The Morgan fingerprint density at radius 3 is 2.88 bits per heavy atom. The molecule has 0 aromatic carbocycles. The smallest absolute Gasteiger partial charge is 0.349 e. The van der Waals surface area contributed by atoms with Gasteiger partial charge in [0.2, 0.25) is 5.91 Å². The van der Waals surface area contributed by atoms with Gasteiger partial charge in [0.05, 0.1) is 13.3 Å². The van der Waals surface area contributed by atoms with Crippen LogP contribution in [0.5, 0.6) is 0 Å². The van der Waals surface area contributed by atoms with Crippen LogP contribution in [0.1, 0.15) is 23.0 Å². The van der Waals surface area contributed by atoms with Crippen molar-refractivity contribution in [3.63, 3.8) is 0 Å². The van der Waals surface area contributed by atoms with Gasteiger partial charge in [-0.15, -0.1) is 0 Å². The number of nitrogens with one attached hydrogen (secondary N) is 1. The summed E-state index contributed by atoms with van der Waals surface area (Å²) in [5.41, 5.74) is 0. The second-order valence-electron chi connectivity index (χ2n) is 3.83. The summed E-state index contributed by atoms with van der Waals surface area (Å²) >= 11 is 1.12. The number of aromatic nitrogens is 1. The van der Waals surface area contributed by atoms with Crippen LogP contribution >= 0.6 is 11.3 Å². The van der Waals surface area contributed by atoms with Crippen molar-refractivity contribution in [3.8, 4) is 0 Å². The SMILES string of the molecule is COC(=O)c1cnc(NC(=O)[C@@H]2C[C@H]2C)s1. The average Bonchev–Trinajstić information content (AvgIpc) is 2.82. The van der Waals surface area contributed by atoms with Crippen molar-refractivity contribution < 1.29 is 14.3 Å². The van der Waals surface area contributed by atoms with Crippen molar-refractivity contribution >= 4 is 28.3 Å². The molecule has 6 heteroatoms. The van der Waals surface area contributed by atoms with E-state index in [-0.39, 0.29) is 11.8 Å². The monoisotopic (exact) mass is 240 g/mol. The quantitative estimate of drug-likeness (QED) is 0.813. The second kappa shape index (κ2) is 4.21. The predicted molar refractivity (Wildman–Crippen MR) is 59.4 cm³/mol. The zero-order chi connectivity index (χ0) is 11.7. The van der Waals surface area contributed by atoms with E-state index in [1.165, 1.54) is 13.3 Å². The molecule has 2 atom stereocenters. The van der Waals surface area contributed by atoms with Crippen LogP contribution in [0.4, 0.5) is 5.13 Å². The standard InChI is InChI=1S/C10H12N2O3S/c1-5-3-6(5)8(13)12-10-11-4-7(16-10)9(14)15-2/h4-6H,3H2,1-2H3,(H,11,12,13)/t5-,6-/m1/s1. The lowest BCUT2D eigenvalue weighted by Crippen LogP contribution is -2.14. The molecule has 5 nitrogen and oxygen atoms in total. The lowest BCUT2D eigenvalue weighted by molar-refractivity contribution is -0.117. The molecule has 1 fully saturated rings. The van der Waals surface area contributed by atoms with Crippen molar-refractivity contribution in [3.05, 3.63) is 11.1 Å². The van der Waals surface area contributed by atoms with E-state index in [0.29, 0.717) is 15.9 Å². The van der Waals surface area contributed by atoms with E-state index < -0.39 is 5.97 Å². The molecule has 1 aliphatic rings. The first-order valence-electron chi connectivity index (χ1n) is 4.97. The van der Waals surface area contributed by atoms with E-state index in [1.54, 1.807) is 0 Å². The fourth-order valence-electron chi connectivity index (χ4n) is 1.41. The first-order chi connectivity index (χ1) is 7.61. The van der Waals surface area contributed by atoms with E-state index in [1.807, 2.05) is 6.92 Å². The van der Waals surface area contributed by atoms with Gasteiger partial charge in [0.25, 0.3) is 0 Å². The van der Waals surface area contributed by atoms with E-state index in [0.717, 1.165) is 17.8 Å². The topological polar surface area (TPSA) is 68.3 Å². The maximum atomic E-state index is 11.6. The summed E-state index contributed by atoms with van der Waals surface area (Å²) in [5, 5.41) is 3.14. The lowest BCUT2D eigenvalue weighted by Gasteiger charge is -1.98. The molecule has 0 radical (unpaired) electrons. The summed E-state index contributed by atoms with van der Waals surface area (Å²) in [4.78, 5) is 27.1. The molecule has 1 aromatic heterocycles. The molecule has 86 valence electrons. The normalized spacial score (nSPS) is 22.6. The molecule has 0 aliphatic heterocycles. The molecular weight excluding hydrogens is 228 g/mol. The van der Waals surface area contributed by atoms with Crippen LogP contribution < -0.4 is 5.32 Å². The number of methoxy groups -OCH3 is 1. The lowest BCUT2D eigenvalue weighted by atomic mass is 10.3. The minimum absolute atomic E-state index is 0.0155. The molecule has 1 heterocycles. The highest BCUT2D eigenvalue weighted by Crippen LogP contribution is 2.38. The number of thiazole rings is 1. The van der Waals surface area contributed by atoms with Gasteiger partial charge in [-0.3, -0.25) is 4.79 Å². The number of amides is 1. The minimum Gasteiger partial charge on any atom is -0.465 e. The summed E-state index contributed by atoms with van der Waals surface area (Å²) in [5.74, 6) is 0.113. The zero-order valence-corrected chi connectivity index (χ0v) is 9.84. The third kappa shape index (κ3) is 2.21. The summed E-state index contributed by atoms with van der Waals surface area (Å²) in [7, 11) is 1.31. The molecule has 16 heavy (non-hydrogen) atoms. The Labute approximate surface area is 96.8 Å². The van der Waals surface area contributed by atoms with Gasteiger partial charge in [0.1, 0.15) is 4.88 Å². The van der Waals surface area contributed by atoms with Crippen LogP contribution in [0.25, 0.3) is 0 Å². The van der Waals surface area contributed by atoms with Crippen LogP contribution in [-0.2, 0) is 9.53 Å². The molecular formula is C10H12N2O3S. The third-order valence-electron chi connectivity index (χ3n) is 2.57. The van der Waals surface area contributed by atoms with E-state index in [9.17, 15) is 9.59 Å². The van der Waals surface area contributed by atoms with Gasteiger partial charge in [0, 0.05) is 5.92 Å². The Bertz CT molecular complexity index is 429. The van der Waals surface area contributed by atoms with Gasteiger partial charge in [-0.05, 0) is 12.3 Å². The molecule has 0 saturated heterocycles. The van der Waals surface area contributed by atoms with Gasteiger partial charge in [0.15, 0.2) is 5.13 Å². The molecule has 1 aliphatic carbocycles. The molecule has 1 amide bonds. The zero-order valence-electron chi connectivity index (χ0n) is 9.02. The maximum Gasteiger partial charge on any atom is 0.349 e. The predicted octanol–water partition coefficient (Wildman–Crippen LogP) is 1.52. The number of nitrogens with zero attached hydrogens (tertiary/aromatic N) is 1. The van der Waals surface area contributed by atoms with Crippen LogP contribution in [0, 0.1) is 11.8 Å². The molecule has 1 N–H and O–H groups in total. The highest BCUT2D eigenvalue weighted by molar-refractivity contribution is 7.17. The van der Waals surface area contributed by atoms with Gasteiger partial charge in [-0.1, -0.05) is 18.3 Å². The molecule has 0 unspecified atom stereocenters. The Morgan fingerprint density at radius 1 is 1.62 bits per heavy atom. The molecule has 0 spiro atoms. The number of ether oxygens (including phenoxy) is 1. The van der Waals surface area contributed by atoms with Crippen molar-refractivity contribution in [2.24, 2.45) is 11.8 Å². The Hall–Kier alpha value is -1.43. The first kappa shape index (κ1) is 11.1. The average molecular weight is 240 g/mol. The van der Waals surface area contributed by atoms with Crippen LogP contribution in [0.3, 0.4) is 0 Å². The first-order valence-corrected chi connectivity index (χ1v) is 5.78. The van der Waals surface area contributed by atoms with E-state index >= 15 is 0 Å². The van der Waals surface area contributed by atoms with Crippen molar-refractivity contribution in [1.82, 2.24) is 4.98 Å². The Morgan fingerprint density at radius 2 is 2.31 bits per heavy atom.